The minimum atomic E-state index is -3.42. The first-order chi connectivity index (χ1) is 14.2. The fourth-order valence-corrected chi connectivity index (χ4v) is 4.96. The zero-order chi connectivity index (χ0) is 21.9. The number of amides is 1. The molecule has 1 atom stereocenters. The number of benzene rings is 1. The van der Waals surface area contributed by atoms with Crippen molar-refractivity contribution in [1.82, 2.24) is 14.3 Å². The average molecular weight is 431 g/mol. The first kappa shape index (κ1) is 22.4. The molecule has 0 aliphatic carbocycles. The van der Waals surface area contributed by atoms with E-state index >= 15 is 0 Å². The van der Waals surface area contributed by atoms with Gasteiger partial charge in [-0.25, -0.2) is 18.4 Å². The molecule has 2 heterocycles. The van der Waals surface area contributed by atoms with E-state index in [0.29, 0.717) is 37.4 Å². The van der Waals surface area contributed by atoms with E-state index in [1.54, 1.807) is 18.9 Å². The van der Waals surface area contributed by atoms with Crippen molar-refractivity contribution in [2.24, 2.45) is 0 Å². The number of rotatable bonds is 8. The van der Waals surface area contributed by atoms with E-state index < -0.39 is 15.3 Å². The second-order valence-electron chi connectivity index (χ2n) is 7.83. The van der Waals surface area contributed by atoms with Crippen LogP contribution in [0.4, 0.5) is 5.82 Å². The molecule has 0 saturated carbocycles. The topological polar surface area (TPSA) is 83.5 Å². The van der Waals surface area contributed by atoms with Gasteiger partial charge >= 0.3 is 0 Å². The summed E-state index contributed by atoms with van der Waals surface area (Å²) in [7, 11) is -1.87. The zero-order valence-corrected chi connectivity index (χ0v) is 18.9. The monoisotopic (exact) mass is 430 g/mol. The van der Waals surface area contributed by atoms with E-state index in [9.17, 15) is 13.2 Å². The molecule has 3 rings (SSSR count). The maximum absolute atomic E-state index is 12.7. The van der Waals surface area contributed by atoms with Gasteiger partial charge in [-0.15, -0.1) is 0 Å². The summed E-state index contributed by atoms with van der Waals surface area (Å²) >= 11 is 0. The Morgan fingerprint density at radius 2 is 1.87 bits per heavy atom. The van der Waals surface area contributed by atoms with Crippen molar-refractivity contribution in [2.75, 3.05) is 18.5 Å². The van der Waals surface area contributed by atoms with Crippen molar-refractivity contribution in [1.29, 1.82) is 0 Å². The highest BCUT2D eigenvalue weighted by molar-refractivity contribution is 7.89. The van der Waals surface area contributed by atoms with Gasteiger partial charge in [0.2, 0.25) is 15.9 Å². The average Bonchev–Trinajstić information content (AvgIpc) is 2.73. The minimum Gasteiger partial charge on any atom is -0.296 e. The number of nitrogens with zero attached hydrogens (tertiary/aromatic N) is 4. The second-order valence-corrected chi connectivity index (χ2v) is 10.3. The predicted molar refractivity (Wildman–Crippen MR) is 118 cm³/mol. The van der Waals surface area contributed by atoms with Crippen LogP contribution in [0.25, 0.3) is 0 Å². The summed E-state index contributed by atoms with van der Waals surface area (Å²) in [5, 5.41) is -0.467. The van der Waals surface area contributed by atoms with Crippen LogP contribution in [-0.4, -0.2) is 47.4 Å². The summed E-state index contributed by atoms with van der Waals surface area (Å²) in [6.45, 7) is 6.08. The summed E-state index contributed by atoms with van der Waals surface area (Å²) in [6.07, 6.45) is 2.32. The fourth-order valence-electron chi connectivity index (χ4n) is 3.63. The molecule has 1 aromatic carbocycles. The standard InChI is InChI=1S/C22H30N4O3S/c1-5-16(2)30(28,29)25(4)15-20-23-17(3)19-11-12-21(27)26(22(19)24-20)14-13-18-9-7-6-8-10-18/h6-10,16H,5,11-15H2,1-4H3/t16-/m0/s1. The highest BCUT2D eigenvalue weighted by atomic mass is 32.2. The molecular weight excluding hydrogens is 400 g/mol. The summed E-state index contributed by atoms with van der Waals surface area (Å²) in [5.74, 6) is 1.09. The van der Waals surface area contributed by atoms with Gasteiger partial charge in [0.05, 0.1) is 11.8 Å². The number of aryl methyl sites for hydroxylation is 1. The molecule has 8 heteroatoms. The van der Waals surface area contributed by atoms with Crippen LogP contribution in [0.1, 0.15) is 49.3 Å². The summed E-state index contributed by atoms with van der Waals surface area (Å²) in [5.41, 5.74) is 2.93. The van der Waals surface area contributed by atoms with E-state index in [1.165, 1.54) is 4.31 Å². The molecule has 30 heavy (non-hydrogen) atoms. The molecule has 0 spiro atoms. The molecule has 1 aliphatic heterocycles. The van der Waals surface area contributed by atoms with E-state index in [-0.39, 0.29) is 12.5 Å². The van der Waals surface area contributed by atoms with Crippen LogP contribution in [0.5, 0.6) is 0 Å². The Balaban J connectivity index is 1.87. The van der Waals surface area contributed by atoms with Crippen molar-refractivity contribution in [2.45, 2.75) is 58.2 Å². The molecule has 2 aromatic rings. The Labute approximate surface area is 179 Å². The number of anilines is 1. The molecule has 0 fully saturated rings. The maximum Gasteiger partial charge on any atom is 0.228 e. The number of carbonyl (C=O) groups excluding carboxylic acids is 1. The van der Waals surface area contributed by atoms with Gasteiger partial charge in [0.1, 0.15) is 11.6 Å². The highest BCUT2D eigenvalue weighted by Gasteiger charge is 2.29. The van der Waals surface area contributed by atoms with Crippen LogP contribution in [0.3, 0.4) is 0 Å². The Bertz CT molecular complexity index is 1010. The van der Waals surface area contributed by atoms with Gasteiger partial charge in [-0.2, -0.15) is 4.31 Å². The first-order valence-corrected chi connectivity index (χ1v) is 11.9. The second kappa shape index (κ2) is 9.22. The molecule has 7 nitrogen and oxygen atoms in total. The zero-order valence-electron chi connectivity index (χ0n) is 18.1. The van der Waals surface area contributed by atoms with Crippen LogP contribution >= 0.6 is 0 Å². The third-order valence-electron chi connectivity index (χ3n) is 5.73. The van der Waals surface area contributed by atoms with Crippen molar-refractivity contribution in [3.05, 3.63) is 53.0 Å². The molecule has 0 radical (unpaired) electrons. The first-order valence-electron chi connectivity index (χ1n) is 10.4. The lowest BCUT2D eigenvalue weighted by Crippen LogP contribution is -2.39. The molecule has 162 valence electrons. The molecule has 1 amide bonds. The van der Waals surface area contributed by atoms with Gasteiger partial charge in [0, 0.05) is 31.3 Å². The number of sulfonamides is 1. The van der Waals surface area contributed by atoms with Crippen LogP contribution in [0.2, 0.25) is 0 Å². The Hall–Kier alpha value is -2.32. The summed E-state index contributed by atoms with van der Waals surface area (Å²) in [6, 6.07) is 10.0. The number of aromatic nitrogens is 2. The number of hydrogen-bond acceptors (Lipinski definition) is 5. The van der Waals surface area contributed by atoms with Crippen molar-refractivity contribution in [3.8, 4) is 0 Å². The third kappa shape index (κ3) is 4.70. The van der Waals surface area contributed by atoms with E-state index in [2.05, 4.69) is 9.97 Å². The lowest BCUT2D eigenvalue weighted by molar-refractivity contribution is -0.118. The SMILES string of the molecule is CC[C@H](C)S(=O)(=O)N(C)Cc1nc(C)c2c(n1)N(CCc1ccccc1)C(=O)CC2. The molecule has 0 saturated heterocycles. The smallest absolute Gasteiger partial charge is 0.228 e. The van der Waals surface area contributed by atoms with Gasteiger partial charge in [-0.05, 0) is 38.7 Å². The number of hydrogen-bond donors (Lipinski definition) is 0. The lowest BCUT2D eigenvalue weighted by Gasteiger charge is -2.30. The van der Waals surface area contributed by atoms with Gasteiger partial charge in [0.15, 0.2) is 0 Å². The maximum atomic E-state index is 12.7. The van der Waals surface area contributed by atoms with Crippen LogP contribution in [0, 0.1) is 6.92 Å². The van der Waals surface area contributed by atoms with Crippen LogP contribution < -0.4 is 4.90 Å². The molecular formula is C22H30N4O3S. The van der Waals surface area contributed by atoms with E-state index in [4.69, 9.17) is 0 Å². The summed E-state index contributed by atoms with van der Waals surface area (Å²) < 4.78 is 26.5. The van der Waals surface area contributed by atoms with E-state index in [1.807, 2.05) is 44.2 Å². The normalized spacial score (nSPS) is 15.4. The largest absolute Gasteiger partial charge is 0.296 e. The Morgan fingerprint density at radius 1 is 1.17 bits per heavy atom. The Kier molecular flexibility index (Phi) is 6.88. The van der Waals surface area contributed by atoms with Gasteiger partial charge in [-0.1, -0.05) is 37.3 Å². The van der Waals surface area contributed by atoms with Gasteiger partial charge in [-0.3, -0.25) is 9.69 Å². The van der Waals surface area contributed by atoms with Crippen LogP contribution in [-0.2, 0) is 34.2 Å². The minimum absolute atomic E-state index is 0.0445. The van der Waals surface area contributed by atoms with Crippen LogP contribution in [0.15, 0.2) is 30.3 Å². The lowest BCUT2D eigenvalue weighted by atomic mass is 10.0. The molecule has 1 aliphatic rings. The summed E-state index contributed by atoms with van der Waals surface area (Å²) in [4.78, 5) is 23.6. The molecule has 1 aromatic heterocycles. The Morgan fingerprint density at radius 3 is 2.53 bits per heavy atom. The fraction of sp³-hybridized carbons (Fsp3) is 0.500. The highest BCUT2D eigenvalue weighted by Crippen LogP contribution is 2.28. The number of carbonyl (C=O) groups is 1. The number of fused-ring (bicyclic) bond motifs is 1. The van der Waals surface area contributed by atoms with Gasteiger partial charge < -0.3 is 0 Å². The van der Waals surface area contributed by atoms with Crippen molar-refractivity contribution < 1.29 is 13.2 Å². The molecule has 0 bridgehead atoms. The molecule has 0 N–H and O–H groups in total. The van der Waals surface area contributed by atoms with E-state index in [0.717, 1.165) is 23.2 Å². The predicted octanol–water partition coefficient (Wildman–Crippen LogP) is 2.87. The van der Waals surface area contributed by atoms with Crippen molar-refractivity contribution >= 4 is 21.7 Å². The quantitative estimate of drug-likeness (QED) is 0.643. The van der Waals surface area contributed by atoms with Crippen molar-refractivity contribution in [3.63, 3.8) is 0 Å². The van der Waals surface area contributed by atoms with Gasteiger partial charge in [0.25, 0.3) is 0 Å². The third-order valence-corrected chi connectivity index (χ3v) is 8.08. The molecule has 0 unspecified atom stereocenters.